The molecule has 178 valence electrons. The summed E-state index contributed by atoms with van der Waals surface area (Å²) in [6.07, 6.45) is 0. The van der Waals surface area contributed by atoms with Crippen LogP contribution in [-0.4, -0.2) is 27.4 Å². The second-order valence-corrected chi connectivity index (χ2v) is 8.49. The van der Waals surface area contributed by atoms with Crippen molar-refractivity contribution in [1.82, 2.24) is 20.0 Å². The van der Waals surface area contributed by atoms with E-state index in [0.717, 1.165) is 16.7 Å². The molecule has 1 aliphatic heterocycles. The van der Waals surface area contributed by atoms with Gasteiger partial charge in [0, 0.05) is 17.8 Å². The minimum atomic E-state index is -0.361. The minimum absolute atomic E-state index is 0.123. The number of benzene rings is 2. The lowest BCUT2D eigenvalue weighted by atomic mass is 10.1. The minimum Gasteiger partial charge on any atom is -0.454 e. The van der Waals surface area contributed by atoms with E-state index in [0.29, 0.717) is 35.1 Å². The third kappa shape index (κ3) is 4.52. The number of hydrogen-bond acceptors (Lipinski definition) is 7. The van der Waals surface area contributed by atoms with Gasteiger partial charge in [-0.05, 0) is 50.1 Å². The number of pyridine rings is 1. The van der Waals surface area contributed by atoms with Crippen LogP contribution in [0.1, 0.15) is 22.4 Å². The van der Waals surface area contributed by atoms with Gasteiger partial charge in [0.05, 0.1) is 0 Å². The van der Waals surface area contributed by atoms with E-state index >= 15 is 0 Å². The number of nitrogens with zero attached hydrogens (tertiary/aromatic N) is 3. The van der Waals surface area contributed by atoms with Crippen LogP contribution in [0.25, 0.3) is 22.8 Å². The first-order valence-electron chi connectivity index (χ1n) is 11.2. The number of ether oxygens (including phenoxy) is 2. The molecule has 1 amide bonds. The topological polar surface area (TPSA) is 108 Å². The van der Waals surface area contributed by atoms with Crippen molar-refractivity contribution in [3.63, 3.8) is 0 Å². The third-order valence-electron chi connectivity index (χ3n) is 5.88. The summed E-state index contributed by atoms with van der Waals surface area (Å²) in [6.45, 7) is 5.94. The molecular formula is C26H24N4O5. The Bertz CT molecular complexity index is 1470. The molecule has 9 heteroatoms. The summed E-state index contributed by atoms with van der Waals surface area (Å²) in [6, 6.07) is 15.0. The first-order chi connectivity index (χ1) is 16.9. The quantitative estimate of drug-likeness (QED) is 0.457. The number of carbonyl (C=O) groups excluding carboxylic acids is 1. The maximum absolute atomic E-state index is 13.4. The molecule has 1 N–H and O–H groups in total. The molecule has 3 heterocycles. The van der Waals surface area contributed by atoms with Gasteiger partial charge in [-0.3, -0.25) is 9.59 Å². The van der Waals surface area contributed by atoms with E-state index in [-0.39, 0.29) is 36.3 Å². The molecule has 5 rings (SSSR count). The summed E-state index contributed by atoms with van der Waals surface area (Å²) in [5, 5.41) is 6.89. The molecule has 0 saturated carbocycles. The van der Waals surface area contributed by atoms with Gasteiger partial charge >= 0.3 is 0 Å². The first-order valence-corrected chi connectivity index (χ1v) is 11.2. The zero-order valence-corrected chi connectivity index (χ0v) is 19.6. The van der Waals surface area contributed by atoms with Crippen LogP contribution >= 0.6 is 0 Å². The smallest absolute Gasteiger partial charge is 0.264 e. The van der Waals surface area contributed by atoms with E-state index in [4.69, 9.17) is 14.0 Å². The summed E-state index contributed by atoms with van der Waals surface area (Å²) in [4.78, 5) is 30.5. The summed E-state index contributed by atoms with van der Waals surface area (Å²) >= 11 is 0. The van der Waals surface area contributed by atoms with Crippen molar-refractivity contribution in [3.05, 3.63) is 81.3 Å². The molecule has 0 aliphatic carbocycles. The van der Waals surface area contributed by atoms with Crippen molar-refractivity contribution in [2.75, 3.05) is 6.79 Å². The van der Waals surface area contributed by atoms with Crippen LogP contribution in [0.2, 0.25) is 0 Å². The van der Waals surface area contributed by atoms with Crippen LogP contribution in [0, 0.1) is 20.8 Å². The fourth-order valence-electron chi connectivity index (χ4n) is 3.98. The molecule has 2 aromatic carbocycles. The van der Waals surface area contributed by atoms with Gasteiger partial charge in [0.25, 0.3) is 11.4 Å². The van der Waals surface area contributed by atoms with Gasteiger partial charge in [0.1, 0.15) is 12.1 Å². The Hall–Kier alpha value is -4.40. The van der Waals surface area contributed by atoms with E-state index < -0.39 is 0 Å². The molecule has 4 aromatic rings. The van der Waals surface area contributed by atoms with Crippen LogP contribution in [0.4, 0.5) is 0 Å². The van der Waals surface area contributed by atoms with Gasteiger partial charge in [0.2, 0.25) is 18.5 Å². The number of fused-ring (bicyclic) bond motifs is 1. The van der Waals surface area contributed by atoms with Gasteiger partial charge in [-0.2, -0.15) is 4.98 Å². The van der Waals surface area contributed by atoms with E-state index in [2.05, 4.69) is 15.5 Å². The van der Waals surface area contributed by atoms with Gasteiger partial charge in [0.15, 0.2) is 11.5 Å². The van der Waals surface area contributed by atoms with Gasteiger partial charge in [-0.15, -0.1) is 0 Å². The molecule has 0 saturated heterocycles. The van der Waals surface area contributed by atoms with E-state index in [1.807, 2.05) is 56.3 Å². The average Bonchev–Trinajstić information content (AvgIpc) is 3.50. The summed E-state index contributed by atoms with van der Waals surface area (Å²) in [5.41, 5.74) is 4.05. The number of amides is 1. The predicted molar refractivity (Wildman–Crippen MR) is 128 cm³/mol. The normalized spacial score (nSPS) is 12.1. The number of carbonyl (C=O) groups is 1. The highest BCUT2D eigenvalue weighted by Crippen LogP contribution is 2.32. The van der Waals surface area contributed by atoms with Crippen molar-refractivity contribution >= 4 is 5.91 Å². The predicted octanol–water partition coefficient (Wildman–Crippen LogP) is 3.54. The molecule has 2 aromatic heterocycles. The summed E-state index contributed by atoms with van der Waals surface area (Å²) < 4.78 is 17.5. The largest absolute Gasteiger partial charge is 0.454 e. The van der Waals surface area contributed by atoms with E-state index in [9.17, 15) is 9.59 Å². The van der Waals surface area contributed by atoms with Crippen molar-refractivity contribution < 1.29 is 18.8 Å². The fourth-order valence-corrected chi connectivity index (χ4v) is 3.98. The van der Waals surface area contributed by atoms with Crippen LogP contribution in [-0.2, 0) is 17.9 Å². The summed E-state index contributed by atoms with van der Waals surface area (Å²) in [5.74, 6) is 1.55. The van der Waals surface area contributed by atoms with Crippen molar-refractivity contribution in [2.24, 2.45) is 0 Å². The standard InChI is InChI=1S/C26H24N4O5/c1-15-4-7-19(8-5-15)24-28-25(35-29-24)23-16(2)10-17(3)30(26(23)32)13-22(31)27-12-18-6-9-20-21(11-18)34-14-33-20/h4-11H,12-14H2,1-3H3,(H,27,31). The molecule has 0 fully saturated rings. The van der Waals surface area contributed by atoms with Crippen LogP contribution in [0.3, 0.4) is 0 Å². The monoisotopic (exact) mass is 472 g/mol. The molecule has 0 unspecified atom stereocenters. The SMILES string of the molecule is Cc1ccc(-c2noc(-c3c(C)cc(C)n(CC(=O)NCc4ccc5c(c4)OCO5)c3=O)n2)cc1. The zero-order valence-electron chi connectivity index (χ0n) is 19.6. The molecule has 1 aliphatic rings. The lowest BCUT2D eigenvalue weighted by Crippen LogP contribution is -2.34. The Morgan fingerprint density at radius 1 is 1.03 bits per heavy atom. The van der Waals surface area contributed by atoms with Crippen LogP contribution in [0.15, 0.2) is 57.8 Å². The Morgan fingerprint density at radius 3 is 2.60 bits per heavy atom. The van der Waals surface area contributed by atoms with Crippen LogP contribution < -0.4 is 20.3 Å². The maximum Gasteiger partial charge on any atom is 0.264 e. The van der Waals surface area contributed by atoms with Crippen molar-refractivity contribution in [2.45, 2.75) is 33.9 Å². The lowest BCUT2D eigenvalue weighted by molar-refractivity contribution is -0.121. The molecular weight excluding hydrogens is 448 g/mol. The van der Waals surface area contributed by atoms with Crippen molar-refractivity contribution in [3.8, 4) is 34.3 Å². The van der Waals surface area contributed by atoms with E-state index in [1.165, 1.54) is 4.57 Å². The Labute approximate surface area is 201 Å². The van der Waals surface area contributed by atoms with Gasteiger partial charge < -0.3 is 23.9 Å². The number of aromatic nitrogens is 3. The number of hydrogen-bond donors (Lipinski definition) is 1. The highest BCUT2D eigenvalue weighted by atomic mass is 16.7. The highest BCUT2D eigenvalue weighted by Gasteiger charge is 2.20. The molecule has 0 atom stereocenters. The molecule has 0 bridgehead atoms. The molecule has 9 nitrogen and oxygen atoms in total. The van der Waals surface area contributed by atoms with Crippen molar-refractivity contribution in [1.29, 1.82) is 0 Å². The molecule has 0 radical (unpaired) electrons. The van der Waals surface area contributed by atoms with Crippen LogP contribution in [0.5, 0.6) is 11.5 Å². The van der Waals surface area contributed by atoms with Gasteiger partial charge in [-0.1, -0.05) is 41.1 Å². The Kier molecular flexibility index (Phi) is 5.82. The zero-order chi connectivity index (χ0) is 24.5. The molecule has 0 spiro atoms. The van der Waals surface area contributed by atoms with E-state index in [1.54, 1.807) is 13.0 Å². The second kappa shape index (κ2) is 9.09. The highest BCUT2D eigenvalue weighted by molar-refractivity contribution is 5.76. The lowest BCUT2D eigenvalue weighted by Gasteiger charge is -2.13. The maximum atomic E-state index is 13.4. The number of rotatable bonds is 6. The first kappa shape index (κ1) is 22.4. The summed E-state index contributed by atoms with van der Waals surface area (Å²) in [7, 11) is 0. The van der Waals surface area contributed by atoms with Gasteiger partial charge in [-0.25, -0.2) is 0 Å². The second-order valence-electron chi connectivity index (χ2n) is 8.49. The molecule has 35 heavy (non-hydrogen) atoms. The Morgan fingerprint density at radius 2 is 1.80 bits per heavy atom. The Balaban J connectivity index is 1.35. The third-order valence-corrected chi connectivity index (χ3v) is 5.88. The average molecular weight is 473 g/mol. The number of nitrogens with one attached hydrogen (secondary N) is 1. The number of aryl methyl sites for hydroxylation is 3. The fraction of sp³-hybridized carbons (Fsp3) is 0.231.